The molecule has 1 heterocycles. The fraction of sp³-hybridized carbons (Fsp3) is 0.333. The number of nitrogens with one attached hydrogen (secondary N) is 1. The molecule has 0 unspecified atom stereocenters. The molecule has 1 saturated heterocycles. The van der Waals surface area contributed by atoms with E-state index in [0.717, 1.165) is 5.56 Å². The minimum atomic E-state index is -0.117. The first-order chi connectivity index (χ1) is 8.08. The number of aryl methyl sites for hydroxylation is 1. The van der Waals surface area contributed by atoms with Crippen molar-refractivity contribution in [1.82, 2.24) is 10.2 Å². The van der Waals surface area contributed by atoms with E-state index >= 15 is 0 Å². The molecule has 0 bridgehead atoms. The molecule has 0 radical (unpaired) electrons. The van der Waals surface area contributed by atoms with E-state index in [1.165, 1.54) is 0 Å². The largest absolute Gasteiger partial charge is 0.353 e. The number of halogens is 1. The molecule has 1 aliphatic rings. The van der Waals surface area contributed by atoms with Gasteiger partial charge in [0.2, 0.25) is 5.91 Å². The molecular weight excluding hydrogens is 240 g/mol. The highest BCUT2D eigenvalue weighted by Crippen LogP contribution is 2.17. The first kappa shape index (κ1) is 11.9. The molecule has 17 heavy (non-hydrogen) atoms. The lowest BCUT2D eigenvalue weighted by Crippen LogP contribution is -2.50. The summed E-state index contributed by atoms with van der Waals surface area (Å²) in [6.45, 7) is 3.02. The normalized spacial score (nSPS) is 15.6. The van der Waals surface area contributed by atoms with Crippen LogP contribution in [0.2, 0.25) is 5.02 Å². The Morgan fingerprint density at radius 3 is 2.88 bits per heavy atom. The van der Waals surface area contributed by atoms with E-state index in [1.807, 2.05) is 6.92 Å². The van der Waals surface area contributed by atoms with Crippen molar-refractivity contribution in [2.45, 2.75) is 6.92 Å². The molecule has 0 saturated carbocycles. The summed E-state index contributed by atoms with van der Waals surface area (Å²) in [6.07, 6.45) is 0. The number of hydrogen-bond acceptors (Lipinski definition) is 2. The number of nitrogens with zero attached hydrogens (tertiary/aromatic N) is 1. The van der Waals surface area contributed by atoms with E-state index in [-0.39, 0.29) is 18.4 Å². The van der Waals surface area contributed by atoms with Gasteiger partial charge in [0, 0.05) is 23.7 Å². The quantitative estimate of drug-likeness (QED) is 0.817. The summed E-state index contributed by atoms with van der Waals surface area (Å²) in [5, 5.41) is 3.29. The van der Waals surface area contributed by atoms with Gasteiger partial charge in [-0.1, -0.05) is 11.6 Å². The Hall–Kier alpha value is -1.55. The second-order valence-corrected chi connectivity index (χ2v) is 4.47. The second-order valence-electron chi connectivity index (χ2n) is 4.04. The summed E-state index contributed by atoms with van der Waals surface area (Å²) in [7, 11) is 0. The molecule has 1 N–H and O–H groups in total. The zero-order valence-corrected chi connectivity index (χ0v) is 10.3. The zero-order chi connectivity index (χ0) is 12.4. The summed E-state index contributed by atoms with van der Waals surface area (Å²) in [6, 6.07) is 5.14. The van der Waals surface area contributed by atoms with Crippen LogP contribution in [-0.2, 0) is 4.79 Å². The van der Waals surface area contributed by atoms with Gasteiger partial charge in [-0.15, -0.1) is 0 Å². The monoisotopic (exact) mass is 252 g/mol. The molecule has 2 amide bonds. The van der Waals surface area contributed by atoms with E-state index in [4.69, 9.17) is 11.6 Å². The lowest BCUT2D eigenvalue weighted by molar-refractivity contribution is -0.123. The molecule has 1 aromatic carbocycles. The van der Waals surface area contributed by atoms with Gasteiger partial charge in [0.1, 0.15) is 0 Å². The van der Waals surface area contributed by atoms with Crippen LogP contribution in [0.3, 0.4) is 0 Å². The van der Waals surface area contributed by atoms with Crippen molar-refractivity contribution in [2.24, 2.45) is 0 Å². The van der Waals surface area contributed by atoms with E-state index in [9.17, 15) is 9.59 Å². The van der Waals surface area contributed by atoms with Gasteiger partial charge < -0.3 is 10.2 Å². The SMILES string of the molecule is Cc1cc(Cl)ccc1C(=O)N1CCNC(=O)C1. The van der Waals surface area contributed by atoms with Gasteiger partial charge in [0.25, 0.3) is 5.91 Å². The Morgan fingerprint density at radius 2 is 2.24 bits per heavy atom. The van der Waals surface area contributed by atoms with Crippen LogP contribution in [0.15, 0.2) is 18.2 Å². The van der Waals surface area contributed by atoms with E-state index in [1.54, 1.807) is 23.1 Å². The van der Waals surface area contributed by atoms with Crippen LogP contribution in [-0.4, -0.2) is 36.3 Å². The molecule has 1 aliphatic heterocycles. The molecule has 2 rings (SSSR count). The molecule has 1 fully saturated rings. The average Bonchev–Trinajstić information content (AvgIpc) is 2.28. The van der Waals surface area contributed by atoms with Crippen molar-refractivity contribution in [3.05, 3.63) is 34.3 Å². The third kappa shape index (κ3) is 2.58. The maximum atomic E-state index is 12.2. The molecule has 1 aromatic rings. The van der Waals surface area contributed by atoms with Crippen molar-refractivity contribution >= 4 is 23.4 Å². The van der Waals surface area contributed by atoms with Crippen molar-refractivity contribution in [1.29, 1.82) is 0 Å². The highest BCUT2D eigenvalue weighted by atomic mass is 35.5. The topological polar surface area (TPSA) is 49.4 Å². The lowest BCUT2D eigenvalue weighted by atomic mass is 10.1. The molecule has 5 heteroatoms. The highest BCUT2D eigenvalue weighted by Gasteiger charge is 2.23. The fourth-order valence-corrected chi connectivity index (χ4v) is 2.08. The molecule has 4 nitrogen and oxygen atoms in total. The van der Waals surface area contributed by atoms with Crippen LogP contribution in [0.4, 0.5) is 0 Å². The second kappa shape index (κ2) is 4.75. The summed E-state index contributed by atoms with van der Waals surface area (Å²) in [5.74, 6) is -0.231. The van der Waals surface area contributed by atoms with Crippen LogP contribution in [0.25, 0.3) is 0 Å². The van der Waals surface area contributed by atoms with Crippen LogP contribution in [0, 0.1) is 6.92 Å². The van der Waals surface area contributed by atoms with Gasteiger partial charge in [0.05, 0.1) is 6.54 Å². The Kier molecular flexibility index (Phi) is 3.33. The predicted octanol–water partition coefficient (Wildman–Crippen LogP) is 1.22. The van der Waals surface area contributed by atoms with E-state index < -0.39 is 0 Å². The van der Waals surface area contributed by atoms with Gasteiger partial charge in [-0.05, 0) is 30.7 Å². The number of rotatable bonds is 1. The van der Waals surface area contributed by atoms with E-state index in [0.29, 0.717) is 23.7 Å². The highest BCUT2D eigenvalue weighted by molar-refractivity contribution is 6.30. The Labute approximate surface area is 105 Å². The van der Waals surface area contributed by atoms with Crippen molar-refractivity contribution in [3.63, 3.8) is 0 Å². The van der Waals surface area contributed by atoms with Gasteiger partial charge in [0.15, 0.2) is 0 Å². The maximum absolute atomic E-state index is 12.2. The maximum Gasteiger partial charge on any atom is 0.254 e. The third-order valence-corrected chi connectivity index (χ3v) is 2.98. The fourth-order valence-electron chi connectivity index (χ4n) is 1.85. The number of hydrogen-bond donors (Lipinski definition) is 1. The summed E-state index contributed by atoms with van der Waals surface area (Å²) in [4.78, 5) is 25.0. The molecule has 0 atom stereocenters. The first-order valence-corrected chi connectivity index (χ1v) is 5.78. The standard InChI is InChI=1S/C12H13ClN2O2/c1-8-6-9(13)2-3-10(8)12(17)15-5-4-14-11(16)7-15/h2-3,6H,4-5,7H2,1H3,(H,14,16). The van der Waals surface area contributed by atoms with Crippen LogP contribution in [0.1, 0.15) is 15.9 Å². The number of amides is 2. The van der Waals surface area contributed by atoms with Crippen molar-refractivity contribution in [3.8, 4) is 0 Å². The summed E-state index contributed by atoms with van der Waals surface area (Å²) >= 11 is 5.84. The summed E-state index contributed by atoms with van der Waals surface area (Å²) in [5.41, 5.74) is 1.43. The molecule has 0 aliphatic carbocycles. The molecular formula is C12H13ClN2O2. The first-order valence-electron chi connectivity index (χ1n) is 5.40. The van der Waals surface area contributed by atoms with Crippen LogP contribution < -0.4 is 5.32 Å². The molecule has 0 aromatic heterocycles. The number of carbonyl (C=O) groups excluding carboxylic acids is 2. The molecule has 0 spiro atoms. The zero-order valence-electron chi connectivity index (χ0n) is 9.50. The van der Waals surface area contributed by atoms with Crippen molar-refractivity contribution < 1.29 is 9.59 Å². The van der Waals surface area contributed by atoms with Gasteiger partial charge in [-0.2, -0.15) is 0 Å². The minimum Gasteiger partial charge on any atom is -0.353 e. The predicted molar refractivity (Wildman–Crippen MR) is 65.1 cm³/mol. The van der Waals surface area contributed by atoms with Crippen LogP contribution in [0.5, 0.6) is 0 Å². The average molecular weight is 253 g/mol. The third-order valence-electron chi connectivity index (χ3n) is 2.74. The number of carbonyl (C=O) groups is 2. The van der Waals surface area contributed by atoms with Crippen LogP contribution >= 0.6 is 11.6 Å². The molecule has 90 valence electrons. The Bertz CT molecular complexity index is 474. The number of benzene rings is 1. The Balaban J connectivity index is 2.21. The minimum absolute atomic E-state index is 0.115. The van der Waals surface area contributed by atoms with Crippen molar-refractivity contribution in [2.75, 3.05) is 19.6 Å². The lowest BCUT2D eigenvalue weighted by Gasteiger charge is -2.27. The van der Waals surface area contributed by atoms with E-state index in [2.05, 4.69) is 5.32 Å². The van der Waals surface area contributed by atoms with Gasteiger partial charge >= 0.3 is 0 Å². The summed E-state index contributed by atoms with van der Waals surface area (Å²) < 4.78 is 0. The van der Waals surface area contributed by atoms with Gasteiger partial charge in [-0.25, -0.2) is 0 Å². The smallest absolute Gasteiger partial charge is 0.254 e. The Morgan fingerprint density at radius 1 is 1.47 bits per heavy atom. The number of piperazine rings is 1. The van der Waals surface area contributed by atoms with Gasteiger partial charge in [-0.3, -0.25) is 9.59 Å².